The zero-order valence-corrected chi connectivity index (χ0v) is 16.6. The second kappa shape index (κ2) is 6.58. The second-order valence-electron chi connectivity index (χ2n) is 7.40. The van der Waals surface area contributed by atoms with Crippen molar-refractivity contribution in [2.75, 3.05) is 29.9 Å². The zero-order valence-electron chi connectivity index (χ0n) is 16.6. The van der Waals surface area contributed by atoms with Crippen LogP contribution in [0, 0.1) is 0 Å². The number of anilines is 2. The molecule has 0 atom stereocenters. The maximum Gasteiger partial charge on any atom is 0.330 e. The summed E-state index contributed by atoms with van der Waals surface area (Å²) in [6.45, 7) is 0.954. The number of carbonyl (C=O) groups is 2. The van der Waals surface area contributed by atoms with Gasteiger partial charge in [0, 0.05) is 31.9 Å². The highest BCUT2D eigenvalue weighted by molar-refractivity contribution is 6.21. The Labute approximate surface area is 171 Å². The van der Waals surface area contributed by atoms with E-state index in [0.29, 0.717) is 30.3 Å². The molecular weight excluding hydrogens is 384 g/mol. The Bertz CT molecular complexity index is 1300. The lowest BCUT2D eigenvalue weighted by Gasteiger charge is -2.34. The van der Waals surface area contributed by atoms with E-state index in [1.165, 1.54) is 9.47 Å². The summed E-state index contributed by atoms with van der Waals surface area (Å²) in [5.74, 6) is 0.348. The highest BCUT2D eigenvalue weighted by Gasteiger charge is 2.37. The molecule has 3 aromatic rings. The number of aliphatic imine (C=N–C) groups is 1. The van der Waals surface area contributed by atoms with Crippen molar-refractivity contribution in [1.82, 2.24) is 14.0 Å². The molecule has 0 spiro atoms. The van der Waals surface area contributed by atoms with Crippen molar-refractivity contribution in [3.8, 4) is 0 Å². The molecule has 3 heterocycles. The average molecular weight is 404 g/mol. The van der Waals surface area contributed by atoms with E-state index in [4.69, 9.17) is 0 Å². The fraction of sp³-hybridized carbons (Fsp3) is 0.238. The third kappa shape index (κ3) is 2.62. The SMILES string of the molecule is Cn1c(=O)n(C)c2cc(NC(=O)CN3C(=O)N4CCN=C4c4ccccc43)ccc21. The van der Waals surface area contributed by atoms with Gasteiger partial charge in [-0.2, -0.15) is 0 Å². The third-order valence-electron chi connectivity index (χ3n) is 5.60. The molecule has 9 nitrogen and oxygen atoms in total. The second-order valence-corrected chi connectivity index (χ2v) is 7.40. The van der Waals surface area contributed by atoms with Crippen LogP contribution in [0.1, 0.15) is 5.56 Å². The van der Waals surface area contributed by atoms with Crippen LogP contribution < -0.4 is 15.9 Å². The van der Waals surface area contributed by atoms with Crippen LogP contribution in [0.5, 0.6) is 0 Å². The molecular formula is C21H20N6O3. The van der Waals surface area contributed by atoms with Crippen molar-refractivity contribution in [3.05, 3.63) is 58.5 Å². The van der Waals surface area contributed by atoms with E-state index in [-0.39, 0.29) is 24.2 Å². The van der Waals surface area contributed by atoms with Gasteiger partial charge in [0.15, 0.2) is 0 Å². The molecule has 0 saturated heterocycles. The van der Waals surface area contributed by atoms with Crippen molar-refractivity contribution in [1.29, 1.82) is 0 Å². The number of nitrogens with one attached hydrogen (secondary N) is 1. The smallest absolute Gasteiger partial charge is 0.324 e. The Kier molecular flexibility index (Phi) is 3.99. The minimum absolute atomic E-state index is 0.120. The number of amidine groups is 1. The predicted molar refractivity (Wildman–Crippen MR) is 114 cm³/mol. The van der Waals surface area contributed by atoms with Crippen molar-refractivity contribution < 1.29 is 9.59 Å². The predicted octanol–water partition coefficient (Wildman–Crippen LogP) is 1.52. The topological polar surface area (TPSA) is 91.9 Å². The van der Waals surface area contributed by atoms with Gasteiger partial charge in [-0.1, -0.05) is 12.1 Å². The van der Waals surface area contributed by atoms with Gasteiger partial charge in [0.2, 0.25) is 5.91 Å². The molecule has 0 bridgehead atoms. The monoisotopic (exact) mass is 404 g/mol. The van der Waals surface area contributed by atoms with E-state index in [0.717, 1.165) is 16.6 Å². The van der Waals surface area contributed by atoms with E-state index in [9.17, 15) is 14.4 Å². The fourth-order valence-corrected chi connectivity index (χ4v) is 4.09. The highest BCUT2D eigenvalue weighted by Crippen LogP contribution is 2.30. The van der Waals surface area contributed by atoms with Gasteiger partial charge in [0.05, 0.1) is 23.3 Å². The van der Waals surface area contributed by atoms with Crippen LogP contribution in [0.2, 0.25) is 0 Å². The van der Waals surface area contributed by atoms with Crippen LogP contribution in [0.3, 0.4) is 0 Å². The first-order valence-corrected chi connectivity index (χ1v) is 9.64. The van der Waals surface area contributed by atoms with Crippen LogP contribution in [0.4, 0.5) is 16.2 Å². The van der Waals surface area contributed by atoms with Crippen LogP contribution in [0.15, 0.2) is 52.3 Å². The van der Waals surface area contributed by atoms with Crippen molar-refractivity contribution in [3.63, 3.8) is 0 Å². The number of urea groups is 1. The van der Waals surface area contributed by atoms with Gasteiger partial charge in [-0.05, 0) is 30.3 Å². The summed E-state index contributed by atoms with van der Waals surface area (Å²) < 4.78 is 3.09. The van der Waals surface area contributed by atoms with Gasteiger partial charge in [-0.25, -0.2) is 9.59 Å². The standard InChI is InChI=1S/C21H20N6O3/c1-24-16-8-7-13(11-17(16)25(2)20(24)29)23-18(28)12-27-15-6-4-3-5-14(15)19-22-9-10-26(19)21(27)30/h3-8,11H,9-10,12H2,1-2H3,(H,23,28). The number of nitrogens with zero attached hydrogens (tertiary/aromatic N) is 5. The molecule has 1 N–H and O–H groups in total. The van der Waals surface area contributed by atoms with Crippen molar-refractivity contribution in [2.45, 2.75) is 0 Å². The van der Waals surface area contributed by atoms with Crippen LogP contribution in [0.25, 0.3) is 11.0 Å². The number of hydrogen-bond donors (Lipinski definition) is 1. The number of amides is 3. The lowest BCUT2D eigenvalue weighted by molar-refractivity contribution is -0.114. The lowest BCUT2D eigenvalue weighted by atomic mass is 10.1. The molecule has 2 aliphatic heterocycles. The molecule has 1 aromatic heterocycles. The first kappa shape index (κ1) is 18.2. The van der Waals surface area contributed by atoms with Crippen molar-refractivity contribution >= 4 is 40.2 Å². The fourth-order valence-electron chi connectivity index (χ4n) is 4.09. The van der Waals surface area contributed by atoms with Gasteiger partial charge < -0.3 is 5.32 Å². The Morgan fingerprint density at radius 1 is 1.07 bits per heavy atom. The summed E-state index contributed by atoms with van der Waals surface area (Å²) in [4.78, 5) is 45.4. The number of para-hydroxylation sites is 1. The van der Waals surface area contributed by atoms with Crippen LogP contribution in [-0.2, 0) is 18.9 Å². The number of aryl methyl sites for hydroxylation is 2. The Balaban J connectivity index is 1.42. The number of carbonyl (C=O) groups excluding carboxylic acids is 2. The molecule has 30 heavy (non-hydrogen) atoms. The number of imidazole rings is 1. The minimum Gasteiger partial charge on any atom is -0.324 e. The van der Waals surface area contributed by atoms with E-state index < -0.39 is 0 Å². The summed E-state index contributed by atoms with van der Waals surface area (Å²) >= 11 is 0. The first-order chi connectivity index (χ1) is 14.5. The molecule has 2 aromatic carbocycles. The largest absolute Gasteiger partial charge is 0.330 e. The maximum absolute atomic E-state index is 13.0. The number of aromatic nitrogens is 2. The molecule has 0 saturated carbocycles. The quantitative estimate of drug-likeness (QED) is 0.717. The summed E-state index contributed by atoms with van der Waals surface area (Å²) in [5.41, 5.74) is 3.46. The summed E-state index contributed by atoms with van der Waals surface area (Å²) in [5, 5.41) is 2.84. The molecule has 152 valence electrons. The van der Waals surface area contributed by atoms with E-state index in [1.807, 2.05) is 24.3 Å². The Hall–Kier alpha value is -3.88. The molecule has 0 unspecified atom stereocenters. The van der Waals surface area contributed by atoms with Gasteiger partial charge >= 0.3 is 11.7 Å². The van der Waals surface area contributed by atoms with Crippen LogP contribution >= 0.6 is 0 Å². The lowest BCUT2D eigenvalue weighted by Crippen LogP contribution is -2.52. The van der Waals surface area contributed by atoms with Crippen molar-refractivity contribution in [2.24, 2.45) is 19.1 Å². The number of hydrogen-bond acceptors (Lipinski definition) is 4. The van der Waals surface area contributed by atoms with E-state index in [1.54, 1.807) is 41.8 Å². The Morgan fingerprint density at radius 2 is 1.83 bits per heavy atom. The molecule has 2 aliphatic rings. The van der Waals surface area contributed by atoms with E-state index in [2.05, 4.69) is 10.3 Å². The normalized spacial score (nSPS) is 15.3. The molecule has 5 rings (SSSR count). The summed E-state index contributed by atoms with van der Waals surface area (Å²) in [7, 11) is 3.40. The summed E-state index contributed by atoms with van der Waals surface area (Å²) in [6.07, 6.45) is 0. The number of benzene rings is 2. The zero-order chi connectivity index (χ0) is 21.0. The van der Waals surface area contributed by atoms with Gasteiger partial charge in [0.25, 0.3) is 0 Å². The Morgan fingerprint density at radius 3 is 2.67 bits per heavy atom. The molecule has 0 aliphatic carbocycles. The molecule has 3 amide bonds. The molecule has 9 heteroatoms. The maximum atomic E-state index is 13.0. The average Bonchev–Trinajstić information content (AvgIpc) is 3.32. The number of rotatable bonds is 3. The minimum atomic E-state index is -0.321. The van der Waals surface area contributed by atoms with Crippen LogP contribution in [-0.4, -0.2) is 51.4 Å². The van der Waals surface area contributed by atoms with Gasteiger partial charge in [-0.3, -0.25) is 28.7 Å². The molecule has 0 fully saturated rings. The highest BCUT2D eigenvalue weighted by atomic mass is 16.2. The third-order valence-corrected chi connectivity index (χ3v) is 5.60. The van der Waals surface area contributed by atoms with Gasteiger partial charge in [-0.15, -0.1) is 0 Å². The number of fused-ring (bicyclic) bond motifs is 4. The van der Waals surface area contributed by atoms with Gasteiger partial charge in [0.1, 0.15) is 12.4 Å². The summed E-state index contributed by atoms with van der Waals surface area (Å²) in [6, 6.07) is 12.5. The molecule has 0 radical (unpaired) electrons. The first-order valence-electron chi connectivity index (χ1n) is 9.64. The van der Waals surface area contributed by atoms with E-state index >= 15 is 0 Å².